The number of benzene rings is 2. The summed E-state index contributed by atoms with van der Waals surface area (Å²) in [5.41, 5.74) is 5.58. The number of halogens is 1. The largest absolute Gasteiger partial charge is 0.463 e. The SMILES string of the molecule is CCOC(=O)C1=C(CN2CCN(c3cc(C)ccc3C)CC2)NC(=O)N[C@H]1c1ccc(Cl)cc1. The van der Waals surface area contributed by atoms with Crippen molar-refractivity contribution in [3.63, 3.8) is 0 Å². The van der Waals surface area contributed by atoms with Gasteiger partial charge in [0.15, 0.2) is 0 Å². The Balaban J connectivity index is 1.56. The second kappa shape index (κ2) is 10.5. The molecule has 0 aliphatic carbocycles. The molecular weight excluding hydrogens is 452 g/mol. The molecule has 0 unspecified atom stereocenters. The van der Waals surface area contributed by atoms with Crippen molar-refractivity contribution in [2.45, 2.75) is 26.8 Å². The highest BCUT2D eigenvalue weighted by molar-refractivity contribution is 6.30. The minimum atomic E-state index is -0.601. The van der Waals surface area contributed by atoms with Gasteiger partial charge in [-0.05, 0) is 55.7 Å². The van der Waals surface area contributed by atoms with Crippen molar-refractivity contribution < 1.29 is 14.3 Å². The van der Waals surface area contributed by atoms with Gasteiger partial charge in [0.2, 0.25) is 0 Å². The number of rotatable bonds is 6. The second-order valence-electron chi connectivity index (χ2n) is 8.75. The van der Waals surface area contributed by atoms with Crippen LogP contribution in [0.15, 0.2) is 53.7 Å². The van der Waals surface area contributed by atoms with Crippen molar-refractivity contribution in [3.05, 3.63) is 75.4 Å². The zero-order chi connectivity index (χ0) is 24.2. The van der Waals surface area contributed by atoms with E-state index in [9.17, 15) is 9.59 Å². The molecule has 0 spiro atoms. The molecule has 0 radical (unpaired) electrons. The van der Waals surface area contributed by atoms with E-state index in [1.807, 2.05) is 12.1 Å². The lowest BCUT2D eigenvalue weighted by atomic mass is 9.95. The van der Waals surface area contributed by atoms with E-state index in [0.717, 1.165) is 31.7 Å². The van der Waals surface area contributed by atoms with Gasteiger partial charge in [-0.1, -0.05) is 35.9 Å². The Hall–Kier alpha value is -3.03. The van der Waals surface area contributed by atoms with Crippen molar-refractivity contribution in [1.29, 1.82) is 0 Å². The number of anilines is 1. The van der Waals surface area contributed by atoms with Crippen molar-refractivity contribution in [3.8, 4) is 0 Å². The van der Waals surface area contributed by atoms with Crippen LogP contribution < -0.4 is 15.5 Å². The molecule has 0 bridgehead atoms. The van der Waals surface area contributed by atoms with Crippen LogP contribution in [0.1, 0.15) is 29.7 Å². The highest BCUT2D eigenvalue weighted by Crippen LogP contribution is 2.29. The Kier molecular flexibility index (Phi) is 7.44. The summed E-state index contributed by atoms with van der Waals surface area (Å²) in [4.78, 5) is 30.2. The Labute approximate surface area is 205 Å². The van der Waals surface area contributed by atoms with Gasteiger partial charge in [0.25, 0.3) is 0 Å². The first-order valence-corrected chi connectivity index (χ1v) is 12.0. The third-order valence-corrected chi connectivity index (χ3v) is 6.56. The molecule has 1 fully saturated rings. The van der Waals surface area contributed by atoms with Crippen LogP contribution in [0.4, 0.5) is 10.5 Å². The number of carbonyl (C=O) groups excluding carboxylic acids is 2. The molecule has 0 saturated carbocycles. The third-order valence-electron chi connectivity index (χ3n) is 6.31. The fourth-order valence-corrected chi connectivity index (χ4v) is 4.65. The molecule has 7 nitrogen and oxygen atoms in total. The van der Waals surface area contributed by atoms with Crippen molar-refractivity contribution >= 4 is 29.3 Å². The Morgan fingerprint density at radius 3 is 2.47 bits per heavy atom. The number of esters is 1. The maximum absolute atomic E-state index is 13.0. The first-order chi connectivity index (χ1) is 16.4. The van der Waals surface area contributed by atoms with Crippen LogP contribution in [-0.2, 0) is 9.53 Å². The predicted molar refractivity (Wildman–Crippen MR) is 134 cm³/mol. The number of piperazine rings is 1. The smallest absolute Gasteiger partial charge is 0.338 e. The van der Waals surface area contributed by atoms with E-state index in [2.05, 4.69) is 52.5 Å². The maximum atomic E-state index is 13.0. The summed E-state index contributed by atoms with van der Waals surface area (Å²) in [5.74, 6) is -0.432. The van der Waals surface area contributed by atoms with Crippen LogP contribution in [0, 0.1) is 13.8 Å². The molecular formula is C26H31ClN4O3. The van der Waals surface area contributed by atoms with E-state index in [1.54, 1.807) is 19.1 Å². The molecule has 34 heavy (non-hydrogen) atoms. The van der Waals surface area contributed by atoms with E-state index >= 15 is 0 Å². The molecule has 1 atom stereocenters. The Bertz CT molecular complexity index is 1090. The summed E-state index contributed by atoms with van der Waals surface area (Å²) in [7, 11) is 0. The second-order valence-corrected chi connectivity index (χ2v) is 9.19. The number of hydrogen-bond acceptors (Lipinski definition) is 5. The van der Waals surface area contributed by atoms with Gasteiger partial charge >= 0.3 is 12.0 Å². The number of ether oxygens (including phenoxy) is 1. The molecule has 1 saturated heterocycles. The highest BCUT2D eigenvalue weighted by atomic mass is 35.5. The number of aryl methyl sites for hydroxylation is 2. The van der Waals surface area contributed by atoms with Crippen molar-refractivity contribution in [1.82, 2.24) is 15.5 Å². The van der Waals surface area contributed by atoms with Gasteiger partial charge in [-0.15, -0.1) is 0 Å². The molecule has 2 aromatic rings. The molecule has 4 rings (SSSR count). The van der Waals surface area contributed by atoms with E-state index in [1.165, 1.54) is 16.8 Å². The summed E-state index contributed by atoms with van der Waals surface area (Å²) in [5, 5.41) is 6.33. The van der Waals surface area contributed by atoms with Crippen molar-refractivity contribution in [2.75, 3.05) is 44.2 Å². The van der Waals surface area contributed by atoms with Crippen LogP contribution in [0.25, 0.3) is 0 Å². The highest BCUT2D eigenvalue weighted by Gasteiger charge is 2.34. The Morgan fingerprint density at radius 1 is 1.09 bits per heavy atom. The molecule has 0 aromatic heterocycles. The monoisotopic (exact) mass is 482 g/mol. The van der Waals surface area contributed by atoms with Gasteiger partial charge in [-0.25, -0.2) is 9.59 Å². The zero-order valence-corrected chi connectivity index (χ0v) is 20.6. The first kappa shape index (κ1) is 24.1. The fourth-order valence-electron chi connectivity index (χ4n) is 4.53. The lowest BCUT2D eigenvalue weighted by Gasteiger charge is -2.38. The molecule has 8 heteroatoms. The predicted octanol–water partition coefficient (Wildman–Crippen LogP) is 3.95. The number of carbonyl (C=O) groups is 2. The standard InChI is InChI=1S/C26H31ClN4O3/c1-4-34-25(32)23-21(28-26(33)29-24(23)19-7-9-20(27)10-8-19)16-30-11-13-31(14-12-30)22-15-17(2)5-6-18(22)3/h5-10,15,24H,4,11-14,16H2,1-3H3,(H2,28,29,33)/t24-/m0/s1. The van der Waals surface area contributed by atoms with Crippen LogP contribution in [0.2, 0.25) is 5.02 Å². The van der Waals surface area contributed by atoms with Crippen LogP contribution >= 0.6 is 11.6 Å². The average molecular weight is 483 g/mol. The average Bonchev–Trinajstić information content (AvgIpc) is 2.81. The molecule has 2 aliphatic rings. The topological polar surface area (TPSA) is 73.9 Å². The summed E-state index contributed by atoms with van der Waals surface area (Å²) in [6, 6.07) is 12.7. The summed E-state index contributed by atoms with van der Waals surface area (Å²) in [6.07, 6.45) is 0. The lowest BCUT2D eigenvalue weighted by Crippen LogP contribution is -2.52. The van der Waals surface area contributed by atoms with Crippen LogP contribution in [-0.4, -0.2) is 56.2 Å². The summed E-state index contributed by atoms with van der Waals surface area (Å²) >= 11 is 6.05. The molecule has 2 N–H and O–H groups in total. The van der Waals surface area contributed by atoms with E-state index < -0.39 is 12.0 Å². The Morgan fingerprint density at radius 2 is 1.79 bits per heavy atom. The van der Waals surface area contributed by atoms with Gasteiger partial charge in [0.05, 0.1) is 18.2 Å². The summed E-state index contributed by atoms with van der Waals surface area (Å²) < 4.78 is 5.37. The van der Waals surface area contributed by atoms with E-state index in [-0.39, 0.29) is 12.6 Å². The van der Waals surface area contributed by atoms with E-state index in [4.69, 9.17) is 16.3 Å². The maximum Gasteiger partial charge on any atom is 0.338 e. The zero-order valence-electron chi connectivity index (χ0n) is 19.9. The number of nitrogens with one attached hydrogen (secondary N) is 2. The number of nitrogens with zero attached hydrogens (tertiary/aromatic N) is 2. The normalized spacial score (nSPS) is 19.0. The quantitative estimate of drug-likeness (QED) is 0.610. The lowest BCUT2D eigenvalue weighted by molar-refractivity contribution is -0.139. The minimum absolute atomic E-state index is 0.255. The van der Waals surface area contributed by atoms with Crippen LogP contribution in [0.3, 0.4) is 0 Å². The molecule has 2 heterocycles. The van der Waals surface area contributed by atoms with Crippen LogP contribution in [0.5, 0.6) is 0 Å². The molecule has 2 amide bonds. The van der Waals surface area contributed by atoms with Gasteiger partial charge in [-0.3, -0.25) is 4.90 Å². The number of hydrogen-bond donors (Lipinski definition) is 2. The fraction of sp³-hybridized carbons (Fsp3) is 0.385. The number of amides is 2. The third kappa shape index (κ3) is 5.37. The van der Waals surface area contributed by atoms with Gasteiger partial charge in [-0.2, -0.15) is 0 Å². The van der Waals surface area contributed by atoms with E-state index in [0.29, 0.717) is 22.8 Å². The molecule has 180 valence electrons. The first-order valence-electron chi connectivity index (χ1n) is 11.6. The minimum Gasteiger partial charge on any atom is -0.463 e. The van der Waals surface area contributed by atoms with Gasteiger partial charge < -0.3 is 20.3 Å². The van der Waals surface area contributed by atoms with Gasteiger partial charge in [0, 0.05) is 49.1 Å². The van der Waals surface area contributed by atoms with Gasteiger partial charge in [0.1, 0.15) is 0 Å². The molecule has 2 aromatic carbocycles. The molecule has 2 aliphatic heterocycles. The summed E-state index contributed by atoms with van der Waals surface area (Å²) in [6.45, 7) is 10.1. The number of urea groups is 1. The van der Waals surface area contributed by atoms with Crippen molar-refractivity contribution in [2.24, 2.45) is 0 Å².